The summed E-state index contributed by atoms with van der Waals surface area (Å²) in [6.07, 6.45) is 40.1. The second-order valence-corrected chi connectivity index (χ2v) is 12.0. The zero-order valence-corrected chi connectivity index (χ0v) is 25.3. The maximum absolute atomic E-state index is 10.3. The second kappa shape index (κ2) is 29.5. The normalized spacial score (nSPS) is 12.0. The summed E-state index contributed by atoms with van der Waals surface area (Å²) in [5.41, 5.74) is 0. The minimum atomic E-state index is -1.42. The zero-order chi connectivity index (χ0) is 26.4. The lowest BCUT2D eigenvalue weighted by Gasteiger charge is -2.21. The van der Waals surface area contributed by atoms with E-state index < -0.39 is 5.79 Å². The Morgan fingerprint density at radius 3 is 0.639 bits per heavy atom. The topological polar surface area (TPSA) is 40.5 Å². The van der Waals surface area contributed by atoms with Crippen molar-refractivity contribution in [3.05, 3.63) is 0 Å². The summed E-state index contributed by atoms with van der Waals surface area (Å²) < 4.78 is 0. The molecule has 2 nitrogen and oxygen atoms in total. The van der Waals surface area contributed by atoms with Gasteiger partial charge in [-0.2, -0.15) is 0 Å². The summed E-state index contributed by atoms with van der Waals surface area (Å²) in [6, 6.07) is 0. The molecule has 0 aromatic carbocycles. The van der Waals surface area contributed by atoms with E-state index in [-0.39, 0.29) is 0 Å². The van der Waals surface area contributed by atoms with Gasteiger partial charge in [0.1, 0.15) is 0 Å². The van der Waals surface area contributed by atoms with E-state index in [1.54, 1.807) is 0 Å². The monoisotopic (exact) mass is 511 g/mol. The minimum absolute atomic E-state index is 0.559. The predicted octanol–water partition coefficient (Wildman–Crippen LogP) is 11.8. The van der Waals surface area contributed by atoms with Crippen LogP contribution in [0.4, 0.5) is 0 Å². The lowest BCUT2D eigenvalue weighted by molar-refractivity contribution is -0.172. The molecule has 218 valence electrons. The molecule has 0 aromatic heterocycles. The van der Waals surface area contributed by atoms with Gasteiger partial charge >= 0.3 is 0 Å². The Kier molecular flexibility index (Phi) is 29.4. The first-order valence-corrected chi connectivity index (χ1v) is 17.1. The fourth-order valence-electron chi connectivity index (χ4n) is 5.51. The summed E-state index contributed by atoms with van der Waals surface area (Å²) in [7, 11) is 0. The van der Waals surface area contributed by atoms with Gasteiger partial charge in [0.15, 0.2) is 5.79 Å². The van der Waals surface area contributed by atoms with E-state index in [2.05, 4.69) is 13.8 Å². The Balaban J connectivity index is 3.27. The Morgan fingerprint density at radius 2 is 0.444 bits per heavy atom. The van der Waals surface area contributed by atoms with Crippen LogP contribution in [0.2, 0.25) is 0 Å². The van der Waals surface area contributed by atoms with Gasteiger partial charge in [0.25, 0.3) is 0 Å². The third-order valence-electron chi connectivity index (χ3n) is 8.11. The highest BCUT2D eigenvalue weighted by molar-refractivity contribution is 4.65. The van der Waals surface area contributed by atoms with Crippen molar-refractivity contribution < 1.29 is 10.2 Å². The Bertz CT molecular complexity index is 393. The van der Waals surface area contributed by atoms with Gasteiger partial charge in [0.05, 0.1) is 0 Å². The molecule has 0 aliphatic carbocycles. The number of hydrogen-bond acceptors (Lipinski definition) is 2. The van der Waals surface area contributed by atoms with Crippen LogP contribution in [0.15, 0.2) is 0 Å². The molecule has 36 heavy (non-hydrogen) atoms. The third-order valence-corrected chi connectivity index (χ3v) is 8.11. The number of aliphatic hydroxyl groups is 2. The van der Waals surface area contributed by atoms with Gasteiger partial charge in [0.2, 0.25) is 0 Å². The molecule has 0 unspecified atom stereocenters. The van der Waals surface area contributed by atoms with Gasteiger partial charge in [-0.1, -0.05) is 187 Å². The molecule has 2 N–H and O–H groups in total. The van der Waals surface area contributed by atoms with E-state index in [4.69, 9.17) is 0 Å². The third kappa shape index (κ3) is 30.1. The summed E-state index contributed by atoms with van der Waals surface area (Å²) in [5.74, 6) is -1.42. The van der Waals surface area contributed by atoms with Crippen LogP contribution in [0.1, 0.15) is 213 Å². The van der Waals surface area contributed by atoms with Crippen LogP contribution in [0.5, 0.6) is 0 Å². The average Bonchev–Trinajstić information content (AvgIpc) is 2.86. The van der Waals surface area contributed by atoms with Gasteiger partial charge < -0.3 is 10.2 Å². The first kappa shape index (κ1) is 35.9. The van der Waals surface area contributed by atoms with Crippen LogP contribution >= 0.6 is 0 Å². The van der Waals surface area contributed by atoms with Crippen molar-refractivity contribution in [1.29, 1.82) is 0 Å². The number of unbranched alkanes of at least 4 members (excludes halogenated alkanes) is 27. The van der Waals surface area contributed by atoms with E-state index in [1.807, 2.05) is 0 Å². The van der Waals surface area contributed by atoms with Gasteiger partial charge in [-0.15, -0.1) is 0 Å². The molecule has 0 saturated carbocycles. The maximum atomic E-state index is 10.3. The molecular weight excluding hydrogens is 440 g/mol. The molecule has 0 saturated heterocycles. The van der Waals surface area contributed by atoms with E-state index in [0.717, 1.165) is 25.7 Å². The van der Waals surface area contributed by atoms with Crippen molar-refractivity contribution in [2.24, 2.45) is 0 Å². The van der Waals surface area contributed by atoms with Crippen LogP contribution in [-0.4, -0.2) is 16.0 Å². The molecule has 0 spiro atoms. The average molecular weight is 511 g/mol. The molecule has 0 amide bonds. The summed E-state index contributed by atoms with van der Waals surface area (Å²) >= 11 is 0. The summed E-state index contributed by atoms with van der Waals surface area (Å²) in [4.78, 5) is 0. The summed E-state index contributed by atoms with van der Waals surface area (Å²) in [5, 5.41) is 20.5. The molecule has 0 rings (SSSR count). The molecule has 0 aliphatic rings. The van der Waals surface area contributed by atoms with Crippen molar-refractivity contribution in [3.63, 3.8) is 0 Å². The molecule has 0 aliphatic heterocycles. The SMILES string of the molecule is CCCCCCCCCCCCCCCCCC(O)(O)CCCCCCCCCCCCCCCC. The van der Waals surface area contributed by atoms with Crippen LogP contribution in [0.3, 0.4) is 0 Å². The van der Waals surface area contributed by atoms with Crippen molar-refractivity contribution >= 4 is 0 Å². The van der Waals surface area contributed by atoms with Crippen LogP contribution in [0.25, 0.3) is 0 Å². The largest absolute Gasteiger partial charge is 0.366 e. The van der Waals surface area contributed by atoms with Crippen LogP contribution in [-0.2, 0) is 0 Å². The van der Waals surface area contributed by atoms with Crippen molar-refractivity contribution in [2.75, 3.05) is 0 Å². The number of hydrogen-bond donors (Lipinski definition) is 2. The molecular formula is C34H70O2. The molecule has 0 bridgehead atoms. The molecule has 0 fully saturated rings. The highest BCUT2D eigenvalue weighted by Crippen LogP contribution is 2.21. The lowest BCUT2D eigenvalue weighted by atomic mass is 9.98. The first-order chi connectivity index (χ1) is 17.6. The smallest absolute Gasteiger partial charge is 0.162 e. The standard InChI is InChI=1S/C34H70O2/c1-3-5-7-9-11-13-15-17-19-21-23-25-27-29-31-33-34(35,36)32-30-28-26-24-22-20-18-16-14-12-10-8-6-4-2/h35-36H,3-33H2,1-2H3. The zero-order valence-electron chi connectivity index (χ0n) is 25.3. The highest BCUT2D eigenvalue weighted by atomic mass is 16.5. The van der Waals surface area contributed by atoms with Crippen LogP contribution in [0, 0.1) is 0 Å². The fourth-order valence-corrected chi connectivity index (χ4v) is 5.51. The quantitative estimate of drug-likeness (QED) is 0.0719. The molecule has 0 atom stereocenters. The van der Waals surface area contributed by atoms with E-state index in [9.17, 15) is 10.2 Å². The fraction of sp³-hybridized carbons (Fsp3) is 1.00. The van der Waals surface area contributed by atoms with Gasteiger partial charge in [-0.05, 0) is 12.8 Å². The maximum Gasteiger partial charge on any atom is 0.162 e. The van der Waals surface area contributed by atoms with Gasteiger partial charge in [-0.3, -0.25) is 0 Å². The van der Waals surface area contributed by atoms with Crippen molar-refractivity contribution in [2.45, 2.75) is 219 Å². The number of rotatable bonds is 31. The minimum Gasteiger partial charge on any atom is -0.366 e. The van der Waals surface area contributed by atoms with E-state index in [1.165, 1.54) is 161 Å². The summed E-state index contributed by atoms with van der Waals surface area (Å²) in [6.45, 7) is 4.57. The van der Waals surface area contributed by atoms with Gasteiger partial charge in [0, 0.05) is 12.8 Å². The Labute approximate surface area is 228 Å². The van der Waals surface area contributed by atoms with E-state index in [0.29, 0.717) is 12.8 Å². The predicted molar refractivity (Wildman–Crippen MR) is 162 cm³/mol. The first-order valence-electron chi connectivity index (χ1n) is 17.1. The van der Waals surface area contributed by atoms with Crippen molar-refractivity contribution in [1.82, 2.24) is 0 Å². The lowest BCUT2D eigenvalue weighted by Crippen LogP contribution is -2.27. The molecule has 0 heterocycles. The molecule has 0 aromatic rings. The van der Waals surface area contributed by atoms with Crippen LogP contribution < -0.4 is 0 Å². The van der Waals surface area contributed by atoms with Gasteiger partial charge in [-0.25, -0.2) is 0 Å². The molecule has 0 radical (unpaired) electrons. The second-order valence-electron chi connectivity index (χ2n) is 12.0. The van der Waals surface area contributed by atoms with Crippen molar-refractivity contribution in [3.8, 4) is 0 Å². The molecule has 2 heteroatoms. The highest BCUT2D eigenvalue weighted by Gasteiger charge is 2.21. The Morgan fingerprint density at radius 1 is 0.278 bits per heavy atom. The van der Waals surface area contributed by atoms with E-state index >= 15 is 0 Å². The Hall–Kier alpha value is -0.0800.